The molecule has 78 valence electrons. The standard InChI is InChI=1S/C10H17N3O/c1-5-6-11-10(14)9-7(2)12-13(4)8(9)3/h5-6H2,1-4H3,(H,11,14). The number of carbonyl (C=O) groups is 1. The average molecular weight is 195 g/mol. The molecule has 4 heteroatoms. The van der Waals surface area contributed by atoms with Crippen molar-refractivity contribution in [2.24, 2.45) is 7.05 Å². The molecule has 0 spiro atoms. The number of rotatable bonds is 3. The normalized spacial score (nSPS) is 10.3. The predicted octanol–water partition coefficient (Wildman–Crippen LogP) is 1.18. The number of aromatic nitrogens is 2. The minimum absolute atomic E-state index is 0.0186. The van der Waals surface area contributed by atoms with Crippen molar-refractivity contribution in [1.82, 2.24) is 15.1 Å². The summed E-state index contributed by atoms with van der Waals surface area (Å²) in [6, 6.07) is 0. The first-order chi connectivity index (χ1) is 6.57. The van der Waals surface area contributed by atoms with E-state index in [0.717, 1.165) is 17.8 Å². The molecule has 0 aliphatic carbocycles. The van der Waals surface area contributed by atoms with E-state index in [1.807, 2.05) is 27.8 Å². The number of hydrogen-bond acceptors (Lipinski definition) is 2. The summed E-state index contributed by atoms with van der Waals surface area (Å²) in [5.41, 5.74) is 2.41. The van der Waals surface area contributed by atoms with E-state index in [1.165, 1.54) is 0 Å². The molecule has 0 aromatic carbocycles. The number of nitrogens with one attached hydrogen (secondary N) is 1. The molecule has 0 radical (unpaired) electrons. The monoisotopic (exact) mass is 195 g/mol. The van der Waals surface area contributed by atoms with Crippen molar-refractivity contribution in [1.29, 1.82) is 0 Å². The van der Waals surface area contributed by atoms with Gasteiger partial charge in [-0.05, 0) is 20.3 Å². The van der Waals surface area contributed by atoms with Gasteiger partial charge in [-0.25, -0.2) is 0 Å². The van der Waals surface area contributed by atoms with Gasteiger partial charge in [0.2, 0.25) is 0 Å². The van der Waals surface area contributed by atoms with Crippen LogP contribution in [0.4, 0.5) is 0 Å². The van der Waals surface area contributed by atoms with Gasteiger partial charge < -0.3 is 5.32 Å². The Hall–Kier alpha value is -1.32. The summed E-state index contributed by atoms with van der Waals surface area (Å²) < 4.78 is 1.73. The van der Waals surface area contributed by atoms with Crippen LogP contribution in [0, 0.1) is 13.8 Å². The largest absolute Gasteiger partial charge is 0.352 e. The Balaban J connectivity index is 2.89. The third-order valence-corrected chi connectivity index (χ3v) is 2.27. The molecule has 1 N–H and O–H groups in total. The first kappa shape index (κ1) is 10.8. The summed E-state index contributed by atoms with van der Waals surface area (Å²) in [7, 11) is 1.85. The van der Waals surface area contributed by atoms with Gasteiger partial charge in [-0.15, -0.1) is 0 Å². The molecule has 0 bridgehead atoms. The molecule has 0 unspecified atom stereocenters. The minimum atomic E-state index is -0.0186. The molecule has 1 heterocycles. The molecular weight excluding hydrogens is 178 g/mol. The van der Waals surface area contributed by atoms with Crippen molar-refractivity contribution in [3.8, 4) is 0 Å². The molecule has 4 nitrogen and oxygen atoms in total. The number of nitrogens with zero attached hydrogens (tertiary/aromatic N) is 2. The fraction of sp³-hybridized carbons (Fsp3) is 0.600. The first-order valence-corrected chi connectivity index (χ1v) is 4.86. The molecule has 0 aliphatic heterocycles. The highest BCUT2D eigenvalue weighted by atomic mass is 16.1. The maximum atomic E-state index is 11.7. The SMILES string of the molecule is CCCNC(=O)c1c(C)nn(C)c1C. The summed E-state index contributed by atoms with van der Waals surface area (Å²) >= 11 is 0. The third-order valence-electron chi connectivity index (χ3n) is 2.27. The zero-order chi connectivity index (χ0) is 10.7. The maximum absolute atomic E-state index is 11.7. The second kappa shape index (κ2) is 4.26. The van der Waals surface area contributed by atoms with E-state index in [2.05, 4.69) is 10.4 Å². The first-order valence-electron chi connectivity index (χ1n) is 4.86. The maximum Gasteiger partial charge on any atom is 0.255 e. The average Bonchev–Trinajstić information content (AvgIpc) is 2.38. The Kier molecular flexibility index (Phi) is 3.28. The van der Waals surface area contributed by atoms with Gasteiger partial charge in [0.25, 0.3) is 5.91 Å². The molecule has 0 saturated heterocycles. The van der Waals surface area contributed by atoms with E-state index < -0.39 is 0 Å². The van der Waals surface area contributed by atoms with Crippen molar-refractivity contribution in [2.75, 3.05) is 6.54 Å². The third kappa shape index (κ3) is 1.95. The van der Waals surface area contributed by atoms with E-state index in [4.69, 9.17) is 0 Å². The molecule has 0 atom stereocenters. The van der Waals surface area contributed by atoms with E-state index in [1.54, 1.807) is 4.68 Å². The number of carbonyl (C=O) groups excluding carboxylic acids is 1. The smallest absolute Gasteiger partial charge is 0.255 e. The van der Waals surface area contributed by atoms with Crippen molar-refractivity contribution >= 4 is 5.91 Å². The zero-order valence-corrected chi connectivity index (χ0v) is 9.22. The topological polar surface area (TPSA) is 46.9 Å². The van der Waals surface area contributed by atoms with Crippen LogP contribution in [0.15, 0.2) is 0 Å². The highest BCUT2D eigenvalue weighted by molar-refractivity contribution is 5.96. The molecular formula is C10H17N3O. The lowest BCUT2D eigenvalue weighted by atomic mass is 10.2. The minimum Gasteiger partial charge on any atom is -0.352 e. The van der Waals surface area contributed by atoms with Crippen LogP contribution < -0.4 is 5.32 Å². The number of amides is 1. The summed E-state index contributed by atoms with van der Waals surface area (Å²) in [4.78, 5) is 11.7. The number of aryl methyl sites for hydroxylation is 2. The summed E-state index contributed by atoms with van der Waals surface area (Å²) in [5, 5.41) is 7.05. The molecule has 1 aromatic heterocycles. The van der Waals surface area contributed by atoms with E-state index in [-0.39, 0.29) is 5.91 Å². The summed E-state index contributed by atoms with van der Waals surface area (Å²) in [5.74, 6) is -0.0186. The van der Waals surface area contributed by atoms with Crippen LogP contribution in [0.5, 0.6) is 0 Å². The summed E-state index contributed by atoms with van der Waals surface area (Å²) in [6.07, 6.45) is 0.949. The molecule has 1 amide bonds. The Morgan fingerprint density at radius 3 is 2.57 bits per heavy atom. The molecule has 0 saturated carbocycles. The highest BCUT2D eigenvalue weighted by Gasteiger charge is 2.16. The fourth-order valence-corrected chi connectivity index (χ4v) is 1.43. The quantitative estimate of drug-likeness (QED) is 0.787. The van der Waals surface area contributed by atoms with Crippen molar-refractivity contribution in [3.63, 3.8) is 0 Å². The Bertz CT molecular complexity index is 341. The van der Waals surface area contributed by atoms with Crippen LogP contribution >= 0.6 is 0 Å². The molecule has 14 heavy (non-hydrogen) atoms. The van der Waals surface area contributed by atoms with Crippen LogP contribution in [0.2, 0.25) is 0 Å². The van der Waals surface area contributed by atoms with Crippen molar-refractivity contribution in [2.45, 2.75) is 27.2 Å². The van der Waals surface area contributed by atoms with Crippen molar-refractivity contribution < 1.29 is 4.79 Å². The van der Waals surface area contributed by atoms with Crippen molar-refractivity contribution in [3.05, 3.63) is 17.0 Å². The van der Waals surface area contributed by atoms with Gasteiger partial charge in [0, 0.05) is 19.3 Å². The molecule has 1 rings (SSSR count). The molecule has 0 aliphatic rings. The fourth-order valence-electron chi connectivity index (χ4n) is 1.43. The Morgan fingerprint density at radius 2 is 2.14 bits per heavy atom. The predicted molar refractivity (Wildman–Crippen MR) is 55.3 cm³/mol. The van der Waals surface area contributed by atoms with Crippen LogP contribution in [0.3, 0.4) is 0 Å². The van der Waals surface area contributed by atoms with Crippen LogP contribution in [0.25, 0.3) is 0 Å². The Labute approximate surface area is 84.3 Å². The van der Waals surface area contributed by atoms with Gasteiger partial charge in [0.15, 0.2) is 0 Å². The molecule has 0 fully saturated rings. The lowest BCUT2D eigenvalue weighted by Crippen LogP contribution is -2.25. The number of hydrogen-bond donors (Lipinski definition) is 1. The zero-order valence-electron chi connectivity index (χ0n) is 9.22. The van der Waals surface area contributed by atoms with Gasteiger partial charge in [-0.1, -0.05) is 6.92 Å². The van der Waals surface area contributed by atoms with Gasteiger partial charge >= 0.3 is 0 Å². The molecule has 1 aromatic rings. The second-order valence-corrected chi connectivity index (χ2v) is 3.43. The van der Waals surface area contributed by atoms with Crippen LogP contribution in [-0.4, -0.2) is 22.2 Å². The summed E-state index contributed by atoms with van der Waals surface area (Å²) in [6.45, 7) is 6.50. The van der Waals surface area contributed by atoms with Gasteiger partial charge in [-0.3, -0.25) is 9.48 Å². The lowest BCUT2D eigenvalue weighted by Gasteiger charge is -2.03. The van der Waals surface area contributed by atoms with E-state index in [9.17, 15) is 4.79 Å². The van der Waals surface area contributed by atoms with Gasteiger partial charge in [0.05, 0.1) is 11.3 Å². The van der Waals surface area contributed by atoms with Crippen LogP contribution in [0.1, 0.15) is 35.1 Å². The van der Waals surface area contributed by atoms with E-state index in [0.29, 0.717) is 12.1 Å². The highest BCUT2D eigenvalue weighted by Crippen LogP contribution is 2.11. The van der Waals surface area contributed by atoms with Crippen LogP contribution in [-0.2, 0) is 7.05 Å². The van der Waals surface area contributed by atoms with Gasteiger partial charge in [0.1, 0.15) is 0 Å². The second-order valence-electron chi connectivity index (χ2n) is 3.43. The van der Waals surface area contributed by atoms with E-state index >= 15 is 0 Å². The lowest BCUT2D eigenvalue weighted by molar-refractivity contribution is 0.0952. The Morgan fingerprint density at radius 1 is 1.50 bits per heavy atom. The van der Waals surface area contributed by atoms with Gasteiger partial charge in [-0.2, -0.15) is 5.10 Å².